The molecule has 0 N–H and O–H groups in total. The van der Waals surface area contributed by atoms with E-state index in [4.69, 9.17) is 0 Å². The Balaban J connectivity index is 1.46. The van der Waals surface area contributed by atoms with Crippen molar-refractivity contribution in [3.8, 4) is 0 Å². The average molecular weight is 438 g/mol. The molecule has 3 saturated carbocycles. The Bertz CT molecular complexity index is 512. The molecular formula is C26H46Se. The van der Waals surface area contributed by atoms with Crippen molar-refractivity contribution in [1.82, 2.24) is 0 Å². The Kier molecular flexibility index (Phi) is 6.14. The summed E-state index contributed by atoms with van der Waals surface area (Å²) < 4.78 is 0. The van der Waals surface area contributed by atoms with Gasteiger partial charge in [0.1, 0.15) is 0 Å². The van der Waals surface area contributed by atoms with Crippen molar-refractivity contribution in [2.75, 3.05) is 0 Å². The molecule has 156 valence electrons. The summed E-state index contributed by atoms with van der Waals surface area (Å²) >= 11 is 0.976. The molecule has 4 aliphatic rings. The fourth-order valence-corrected chi connectivity index (χ4v) is 12.1. The zero-order valence-electron chi connectivity index (χ0n) is 18.9. The number of hydrogen-bond donors (Lipinski definition) is 0. The molecule has 1 aliphatic heterocycles. The van der Waals surface area contributed by atoms with E-state index in [2.05, 4.69) is 34.6 Å². The van der Waals surface area contributed by atoms with Gasteiger partial charge in [-0.25, -0.2) is 0 Å². The Morgan fingerprint density at radius 2 is 1.63 bits per heavy atom. The summed E-state index contributed by atoms with van der Waals surface area (Å²) in [7, 11) is 0. The van der Waals surface area contributed by atoms with Gasteiger partial charge >= 0.3 is 157 Å². The molecule has 0 aromatic rings. The van der Waals surface area contributed by atoms with Gasteiger partial charge in [0.25, 0.3) is 0 Å². The molecule has 4 rings (SSSR count). The van der Waals surface area contributed by atoms with E-state index >= 15 is 0 Å². The third-order valence-electron chi connectivity index (χ3n) is 10.4. The van der Waals surface area contributed by atoms with E-state index in [1.165, 1.54) is 19.3 Å². The van der Waals surface area contributed by atoms with Crippen LogP contribution in [-0.2, 0) is 0 Å². The monoisotopic (exact) mass is 438 g/mol. The Labute approximate surface area is 176 Å². The molecule has 1 heteroatoms. The van der Waals surface area contributed by atoms with Crippen LogP contribution in [0, 0.1) is 52.3 Å². The van der Waals surface area contributed by atoms with Crippen molar-refractivity contribution >= 4 is 15.0 Å². The molecule has 0 aromatic carbocycles. The summed E-state index contributed by atoms with van der Waals surface area (Å²) in [5, 5.41) is 3.20. The third-order valence-corrected chi connectivity index (χ3v) is 12.7. The van der Waals surface area contributed by atoms with E-state index in [-0.39, 0.29) is 0 Å². The standard InChI is InChI=1S/C26H46Se/c1-18(2)7-6-8-19(3)22-11-12-23-21-10-9-20-17-27-16-15-25(20,4)24(21)13-14-26(22,23)5/h18-24H,6-17H2,1-5H3/t19-,20+,21+,22-,23+,24+,25+,26-/m1/s1. The topological polar surface area (TPSA) is 0 Å². The first kappa shape index (κ1) is 20.8. The number of fused-ring (bicyclic) bond motifs is 5. The van der Waals surface area contributed by atoms with Gasteiger partial charge in [-0.05, 0) is 5.92 Å². The van der Waals surface area contributed by atoms with E-state index in [1.807, 2.05) is 0 Å². The average Bonchev–Trinajstić information content (AvgIpc) is 2.98. The third kappa shape index (κ3) is 3.60. The summed E-state index contributed by atoms with van der Waals surface area (Å²) in [4.78, 5) is 0. The molecule has 0 aromatic heterocycles. The van der Waals surface area contributed by atoms with Gasteiger partial charge in [-0.15, -0.1) is 0 Å². The van der Waals surface area contributed by atoms with Gasteiger partial charge in [-0.1, -0.05) is 13.8 Å². The molecule has 4 fully saturated rings. The first-order valence-electron chi connectivity index (χ1n) is 12.4. The van der Waals surface area contributed by atoms with Gasteiger partial charge in [0.2, 0.25) is 0 Å². The van der Waals surface area contributed by atoms with Crippen LogP contribution in [0.5, 0.6) is 0 Å². The maximum absolute atomic E-state index is 2.75. The summed E-state index contributed by atoms with van der Waals surface area (Å²) in [6, 6.07) is 0. The normalized spacial score (nSPS) is 48.0. The molecule has 0 bridgehead atoms. The van der Waals surface area contributed by atoms with Gasteiger partial charge in [-0.3, -0.25) is 0 Å². The van der Waals surface area contributed by atoms with E-state index < -0.39 is 0 Å². The van der Waals surface area contributed by atoms with Gasteiger partial charge in [0, 0.05) is 0 Å². The molecular weight excluding hydrogens is 391 g/mol. The Morgan fingerprint density at radius 3 is 2.41 bits per heavy atom. The zero-order valence-corrected chi connectivity index (χ0v) is 20.6. The fraction of sp³-hybridized carbons (Fsp3) is 1.00. The van der Waals surface area contributed by atoms with Crippen LogP contribution in [0.2, 0.25) is 10.6 Å². The molecule has 1 heterocycles. The van der Waals surface area contributed by atoms with E-state index in [1.54, 1.807) is 55.6 Å². The van der Waals surface area contributed by atoms with E-state index in [0.717, 1.165) is 61.8 Å². The summed E-state index contributed by atoms with van der Waals surface area (Å²) in [6.45, 7) is 12.9. The van der Waals surface area contributed by atoms with Crippen LogP contribution in [0.4, 0.5) is 0 Å². The van der Waals surface area contributed by atoms with Crippen LogP contribution >= 0.6 is 0 Å². The van der Waals surface area contributed by atoms with Crippen molar-refractivity contribution < 1.29 is 0 Å². The predicted molar refractivity (Wildman–Crippen MR) is 119 cm³/mol. The summed E-state index contributed by atoms with van der Waals surface area (Å²) in [6.07, 6.45) is 15.4. The first-order valence-corrected chi connectivity index (χ1v) is 14.9. The second-order valence-corrected chi connectivity index (χ2v) is 14.4. The molecule has 0 amide bonds. The molecule has 3 aliphatic carbocycles. The predicted octanol–water partition coefficient (Wildman–Crippen LogP) is 7.87. The summed E-state index contributed by atoms with van der Waals surface area (Å²) in [5.74, 6) is 7.20. The molecule has 0 nitrogen and oxygen atoms in total. The van der Waals surface area contributed by atoms with Crippen LogP contribution < -0.4 is 0 Å². The van der Waals surface area contributed by atoms with Crippen LogP contribution in [-0.4, -0.2) is 15.0 Å². The van der Waals surface area contributed by atoms with Crippen LogP contribution in [0.25, 0.3) is 0 Å². The molecule has 1 saturated heterocycles. The van der Waals surface area contributed by atoms with Crippen LogP contribution in [0.3, 0.4) is 0 Å². The maximum atomic E-state index is 2.75. The van der Waals surface area contributed by atoms with Crippen molar-refractivity contribution in [2.24, 2.45) is 52.3 Å². The Morgan fingerprint density at radius 1 is 0.852 bits per heavy atom. The minimum atomic E-state index is 0.681. The van der Waals surface area contributed by atoms with Crippen LogP contribution in [0.15, 0.2) is 0 Å². The molecule has 0 radical (unpaired) electrons. The van der Waals surface area contributed by atoms with Gasteiger partial charge in [0.15, 0.2) is 0 Å². The first-order chi connectivity index (χ1) is 12.9. The van der Waals surface area contributed by atoms with Crippen molar-refractivity contribution in [1.29, 1.82) is 0 Å². The number of rotatable bonds is 5. The van der Waals surface area contributed by atoms with Gasteiger partial charge in [-0.2, -0.15) is 0 Å². The molecule has 8 atom stereocenters. The second kappa shape index (κ2) is 7.98. The Hall–Kier alpha value is 0.519. The molecule has 0 spiro atoms. The second-order valence-electron chi connectivity index (χ2n) is 12.0. The van der Waals surface area contributed by atoms with Crippen molar-refractivity contribution in [2.45, 2.75) is 109 Å². The fourth-order valence-electron chi connectivity index (χ4n) is 8.74. The quantitative estimate of drug-likeness (QED) is 0.384. The van der Waals surface area contributed by atoms with Gasteiger partial charge < -0.3 is 0 Å². The SMILES string of the molecule is CC(C)CCC[C@@H](C)[C@H]1CC[C@H]2[C@@H]3CC[C@H]4C[Se]CC[C@]4(C)[C@H]3CC[C@]12C. The van der Waals surface area contributed by atoms with Crippen molar-refractivity contribution in [3.63, 3.8) is 0 Å². The van der Waals surface area contributed by atoms with Gasteiger partial charge in [0.05, 0.1) is 0 Å². The summed E-state index contributed by atoms with van der Waals surface area (Å²) in [5.41, 5.74) is 1.41. The van der Waals surface area contributed by atoms with Crippen molar-refractivity contribution in [3.05, 3.63) is 0 Å². The zero-order chi connectivity index (χ0) is 19.2. The number of hydrogen-bond acceptors (Lipinski definition) is 0. The van der Waals surface area contributed by atoms with Crippen LogP contribution in [0.1, 0.15) is 98.8 Å². The van der Waals surface area contributed by atoms with E-state index in [0.29, 0.717) is 5.41 Å². The minimum absolute atomic E-state index is 0.681. The molecule has 27 heavy (non-hydrogen) atoms. The van der Waals surface area contributed by atoms with E-state index in [9.17, 15) is 0 Å². The molecule has 0 unspecified atom stereocenters.